The Balaban J connectivity index is 1.85. The van der Waals surface area contributed by atoms with Crippen LogP contribution < -0.4 is 0 Å². The maximum Gasteiger partial charge on any atom is 0.707 e. The van der Waals surface area contributed by atoms with Crippen molar-refractivity contribution in [3.8, 4) is 0 Å². The lowest BCUT2D eigenvalue weighted by Gasteiger charge is -2.25. The molecule has 2 N–H and O–H groups in total. The highest BCUT2D eigenvalue weighted by molar-refractivity contribution is 6.33. The molecule has 1 fully saturated rings. The lowest BCUT2D eigenvalue weighted by atomic mass is 9.91. The number of carbonyl (C=O) groups is 1. The van der Waals surface area contributed by atoms with Crippen molar-refractivity contribution in [1.29, 1.82) is 0 Å². The summed E-state index contributed by atoms with van der Waals surface area (Å²) in [7, 11) is -1.76. The molecule has 1 aliphatic heterocycles. The summed E-state index contributed by atoms with van der Waals surface area (Å²) in [5, 5.41) is 17.3. The van der Waals surface area contributed by atoms with Crippen LogP contribution in [0.1, 0.15) is 32.1 Å². The van der Waals surface area contributed by atoms with Crippen molar-refractivity contribution in [1.82, 2.24) is 4.90 Å². The van der Waals surface area contributed by atoms with Crippen molar-refractivity contribution in [2.24, 2.45) is 5.92 Å². The molecule has 6 heteroatoms. The summed E-state index contributed by atoms with van der Waals surface area (Å²) in [6.07, 6.45) is 5.98. The van der Waals surface area contributed by atoms with Gasteiger partial charge in [-0.05, 0) is 31.8 Å². The third-order valence-electron chi connectivity index (χ3n) is 3.39. The third kappa shape index (κ3) is 3.23. The molecule has 5 nitrogen and oxygen atoms in total. The summed E-state index contributed by atoms with van der Waals surface area (Å²) in [6.45, 7) is 1.77. The van der Waals surface area contributed by atoms with Gasteiger partial charge in [-0.1, -0.05) is 0 Å². The van der Waals surface area contributed by atoms with Crippen molar-refractivity contribution in [2.75, 3.05) is 13.1 Å². The minimum absolute atomic E-state index is 0.0382. The van der Waals surface area contributed by atoms with E-state index in [9.17, 15) is 4.79 Å². The highest BCUT2D eigenvalue weighted by Crippen LogP contribution is 2.27. The zero-order valence-corrected chi connectivity index (χ0v) is 9.84. The Morgan fingerprint density at radius 1 is 1.41 bits per heavy atom. The molecule has 0 aromatic carbocycles. The van der Waals surface area contributed by atoms with Gasteiger partial charge in [0.25, 0.3) is 0 Å². The first-order valence-corrected chi connectivity index (χ1v) is 6.17. The van der Waals surface area contributed by atoms with E-state index in [4.69, 9.17) is 14.7 Å². The van der Waals surface area contributed by atoms with Gasteiger partial charge in [-0.15, -0.1) is 0 Å². The quantitative estimate of drug-likeness (QED) is 0.694. The molecule has 0 spiro atoms. The standard InChI is InChI=1S/C11H18BNO4/c14-11(13-7-1-2-8-13)9-3-5-10(6-4-9)17-12(15)16/h5,9,15-16H,1-4,6-8H2/t9-/m1/s1. The molecule has 1 atom stereocenters. The van der Waals surface area contributed by atoms with E-state index in [2.05, 4.69) is 0 Å². The van der Waals surface area contributed by atoms with Crippen molar-refractivity contribution in [3.05, 3.63) is 11.8 Å². The van der Waals surface area contributed by atoms with Crippen LogP contribution in [0.25, 0.3) is 0 Å². The Morgan fingerprint density at radius 2 is 2.12 bits per heavy atom. The molecule has 1 aliphatic carbocycles. The van der Waals surface area contributed by atoms with Crippen LogP contribution >= 0.6 is 0 Å². The van der Waals surface area contributed by atoms with E-state index in [-0.39, 0.29) is 11.8 Å². The van der Waals surface area contributed by atoms with Gasteiger partial charge in [0.15, 0.2) is 0 Å². The number of likely N-dealkylation sites (tertiary alicyclic amines) is 1. The zero-order chi connectivity index (χ0) is 12.3. The zero-order valence-electron chi connectivity index (χ0n) is 9.84. The summed E-state index contributed by atoms with van der Waals surface area (Å²) in [6, 6.07) is 0. The number of allylic oxidation sites excluding steroid dienone is 2. The van der Waals surface area contributed by atoms with Gasteiger partial charge in [0.2, 0.25) is 5.91 Å². The second kappa shape index (κ2) is 5.55. The number of carbonyl (C=O) groups excluding carboxylic acids is 1. The fourth-order valence-electron chi connectivity index (χ4n) is 2.47. The average molecular weight is 239 g/mol. The van der Waals surface area contributed by atoms with Crippen LogP contribution in [0.4, 0.5) is 0 Å². The SMILES string of the molecule is O=C([C@@H]1CC=C(OB(O)O)CC1)N1CCCC1. The molecular weight excluding hydrogens is 221 g/mol. The first-order valence-electron chi connectivity index (χ1n) is 6.17. The Hall–Kier alpha value is -1.01. The number of rotatable bonds is 3. The van der Waals surface area contributed by atoms with Crippen LogP contribution in [-0.2, 0) is 9.45 Å². The van der Waals surface area contributed by atoms with Gasteiger partial charge in [-0.2, -0.15) is 0 Å². The molecule has 0 aromatic heterocycles. The van der Waals surface area contributed by atoms with Crippen LogP contribution in [-0.4, -0.2) is 41.3 Å². The second-order valence-corrected chi connectivity index (χ2v) is 4.62. The Morgan fingerprint density at radius 3 is 2.65 bits per heavy atom. The fourth-order valence-corrected chi connectivity index (χ4v) is 2.47. The Kier molecular flexibility index (Phi) is 4.07. The average Bonchev–Trinajstić information content (AvgIpc) is 2.82. The summed E-state index contributed by atoms with van der Waals surface area (Å²) < 4.78 is 4.79. The van der Waals surface area contributed by atoms with Gasteiger partial charge in [0, 0.05) is 25.4 Å². The predicted molar refractivity (Wildman–Crippen MR) is 62.5 cm³/mol. The van der Waals surface area contributed by atoms with Gasteiger partial charge in [0.1, 0.15) is 0 Å². The molecule has 17 heavy (non-hydrogen) atoms. The molecule has 2 aliphatic rings. The van der Waals surface area contributed by atoms with Gasteiger partial charge in [-0.25, -0.2) is 0 Å². The van der Waals surface area contributed by atoms with E-state index < -0.39 is 7.32 Å². The summed E-state index contributed by atoms with van der Waals surface area (Å²) in [5.74, 6) is 0.851. The highest BCUT2D eigenvalue weighted by atomic mass is 16.6. The molecule has 0 unspecified atom stereocenters. The Bertz CT molecular complexity index is 313. The molecule has 0 radical (unpaired) electrons. The van der Waals surface area contributed by atoms with Crippen LogP contribution in [0, 0.1) is 5.92 Å². The molecule has 1 heterocycles. The van der Waals surface area contributed by atoms with Gasteiger partial charge in [-0.3, -0.25) is 4.79 Å². The topological polar surface area (TPSA) is 70.0 Å². The van der Waals surface area contributed by atoms with Crippen LogP contribution in [0.15, 0.2) is 11.8 Å². The summed E-state index contributed by atoms with van der Waals surface area (Å²) >= 11 is 0. The van der Waals surface area contributed by atoms with Crippen molar-refractivity contribution < 1.29 is 19.5 Å². The van der Waals surface area contributed by atoms with E-state index in [1.165, 1.54) is 0 Å². The van der Waals surface area contributed by atoms with Gasteiger partial charge >= 0.3 is 7.32 Å². The molecule has 0 saturated carbocycles. The van der Waals surface area contributed by atoms with Gasteiger partial charge in [0.05, 0.1) is 5.76 Å². The smallest absolute Gasteiger partial charge is 0.516 e. The van der Waals surface area contributed by atoms with E-state index in [1.807, 2.05) is 4.90 Å². The summed E-state index contributed by atoms with van der Waals surface area (Å²) in [5.41, 5.74) is 0. The van der Waals surface area contributed by atoms with Crippen molar-refractivity contribution in [2.45, 2.75) is 32.1 Å². The third-order valence-corrected chi connectivity index (χ3v) is 3.39. The first-order chi connectivity index (χ1) is 8.16. The van der Waals surface area contributed by atoms with E-state index in [0.717, 1.165) is 32.4 Å². The van der Waals surface area contributed by atoms with Crippen molar-refractivity contribution in [3.63, 3.8) is 0 Å². The second-order valence-electron chi connectivity index (χ2n) is 4.62. The predicted octanol–water partition coefficient (Wildman–Crippen LogP) is 0.279. The first kappa shape index (κ1) is 12.5. The van der Waals surface area contributed by atoms with Crippen LogP contribution in [0.5, 0.6) is 0 Å². The number of hydrogen-bond donors (Lipinski definition) is 2. The fraction of sp³-hybridized carbons (Fsp3) is 0.727. The number of hydrogen-bond acceptors (Lipinski definition) is 4. The van der Waals surface area contributed by atoms with Crippen molar-refractivity contribution >= 4 is 13.2 Å². The largest absolute Gasteiger partial charge is 0.707 e. The maximum atomic E-state index is 12.1. The molecule has 0 aromatic rings. The maximum absolute atomic E-state index is 12.1. The van der Waals surface area contributed by atoms with E-state index in [1.54, 1.807) is 6.08 Å². The monoisotopic (exact) mass is 239 g/mol. The Labute approximate surface area is 101 Å². The molecule has 2 rings (SSSR count). The lowest BCUT2D eigenvalue weighted by Crippen LogP contribution is -2.34. The minimum atomic E-state index is -1.76. The van der Waals surface area contributed by atoms with E-state index in [0.29, 0.717) is 18.6 Å². The van der Waals surface area contributed by atoms with Crippen LogP contribution in [0.3, 0.4) is 0 Å². The molecule has 1 amide bonds. The highest BCUT2D eigenvalue weighted by Gasteiger charge is 2.28. The normalized spacial score (nSPS) is 24.5. The number of amides is 1. The molecular formula is C11H18BNO4. The molecule has 0 bridgehead atoms. The number of nitrogens with zero attached hydrogens (tertiary/aromatic N) is 1. The van der Waals surface area contributed by atoms with Crippen LogP contribution in [0.2, 0.25) is 0 Å². The lowest BCUT2D eigenvalue weighted by molar-refractivity contribution is -0.134. The molecule has 1 saturated heterocycles. The minimum Gasteiger partial charge on any atom is -0.516 e. The van der Waals surface area contributed by atoms with E-state index >= 15 is 0 Å². The van der Waals surface area contributed by atoms with Gasteiger partial charge < -0.3 is 19.6 Å². The summed E-state index contributed by atoms with van der Waals surface area (Å²) in [4.78, 5) is 14.0. The molecule has 94 valence electrons.